The molecule has 2 N–H and O–H groups in total. The largest absolute Gasteiger partial charge is 0.501 e. The predicted octanol–water partition coefficient (Wildman–Crippen LogP) is 4.40. The summed E-state index contributed by atoms with van der Waals surface area (Å²) in [5.74, 6) is 1.94. The van der Waals surface area contributed by atoms with Crippen LogP contribution >= 0.6 is 0 Å². The summed E-state index contributed by atoms with van der Waals surface area (Å²) in [4.78, 5) is 20.1. The zero-order valence-electron chi connectivity index (χ0n) is 16.7. The Morgan fingerprint density at radius 2 is 1.50 bits per heavy atom. The van der Waals surface area contributed by atoms with Crippen molar-refractivity contribution in [3.63, 3.8) is 0 Å². The maximum Gasteiger partial charge on any atom is 0.227 e. The number of nitrogens with one attached hydrogen (secondary N) is 1. The van der Waals surface area contributed by atoms with Crippen LogP contribution in [0.2, 0.25) is 0 Å². The molecule has 0 spiro atoms. The summed E-state index contributed by atoms with van der Waals surface area (Å²) >= 11 is 0. The molecule has 0 saturated carbocycles. The molecule has 7 heteroatoms. The highest BCUT2D eigenvalue weighted by Crippen LogP contribution is 2.37. The molecular weight excluding hydrogens is 384 g/mol. The van der Waals surface area contributed by atoms with E-state index >= 15 is 0 Å². The molecule has 0 amide bonds. The number of aryl methyl sites for hydroxylation is 1. The zero-order valence-corrected chi connectivity index (χ0v) is 16.7. The number of rotatable bonds is 5. The van der Waals surface area contributed by atoms with E-state index in [4.69, 9.17) is 18.9 Å². The van der Waals surface area contributed by atoms with E-state index in [-0.39, 0.29) is 5.76 Å². The lowest BCUT2D eigenvalue weighted by Crippen LogP contribution is -2.01. The number of imidazole rings is 1. The van der Waals surface area contributed by atoms with E-state index in [0.29, 0.717) is 28.7 Å². The van der Waals surface area contributed by atoms with Gasteiger partial charge in [0, 0.05) is 17.2 Å². The van der Waals surface area contributed by atoms with Crippen LogP contribution in [-0.4, -0.2) is 29.3 Å². The Morgan fingerprint density at radius 1 is 0.933 bits per heavy atom. The molecule has 0 radical (unpaired) electrons. The van der Waals surface area contributed by atoms with Crippen molar-refractivity contribution in [3.8, 4) is 51.3 Å². The Balaban J connectivity index is 1.92. The fourth-order valence-corrected chi connectivity index (χ4v) is 3.15. The number of aromatic nitrogens is 2. The van der Waals surface area contributed by atoms with Gasteiger partial charge in [0.15, 0.2) is 5.76 Å². The third kappa shape index (κ3) is 3.53. The van der Waals surface area contributed by atoms with Gasteiger partial charge in [0.25, 0.3) is 0 Å². The Kier molecular flexibility index (Phi) is 5.02. The van der Waals surface area contributed by atoms with Gasteiger partial charge in [-0.15, -0.1) is 0 Å². The van der Waals surface area contributed by atoms with Crippen LogP contribution in [0, 0.1) is 6.92 Å². The molecule has 30 heavy (non-hydrogen) atoms. The molecule has 0 atom stereocenters. The van der Waals surface area contributed by atoms with Gasteiger partial charge >= 0.3 is 0 Å². The van der Waals surface area contributed by atoms with Crippen molar-refractivity contribution >= 4 is 0 Å². The fourth-order valence-electron chi connectivity index (χ4n) is 3.15. The van der Waals surface area contributed by atoms with Gasteiger partial charge in [-0.25, -0.2) is 4.98 Å². The van der Waals surface area contributed by atoms with Gasteiger partial charge in [-0.1, -0.05) is 0 Å². The lowest BCUT2D eigenvalue weighted by atomic mass is 10.1. The molecule has 4 aromatic rings. The number of methoxy groups -OCH3 is 2. The first-order valence-corrected chi connectivity index (χ1v) is 9.23. The number of ether oxygens (including phenoxy) is 2. The number of aromatic amines is 1. The molecule has 2 aromatic heterocycles. The van der Waals surface area contributed by atoms with E-state index in [9.17, 15) is 9.90 Å². The summed E-state index contributed by atoms with van der Waals surface area (Å²) in [5.41, 5.74) is 2.00. The van der Waals surface area contributed by atoms with Crippen molar-refractivity contribution in [1.82, 2.24) is 9.97 Å². The minimum Gasteiger partial charge on any atom is -0.501 e. The van der Waals surface area contributed by atoms with E-state index in [2.05, 4.69) is 4.98 Å². The van der Waals surface area contributed by atoms with Crippen molar-refractivity contribution < 1.29 is 19.0 Å². The minimum atomic E-state index is -0.518. The maximum absolute atomic E-state index is 12.1. The van der Waals surface area contributed by atoms with E-state index in [1.807, 2.05) is 48.5 Å². The van der Waals surface area contributed by atoms with Crippen LogP contribution in [0.25, 0.3) is 34.1 Å². The highest BCUT2D eigenvalue weighted by atomic mass is 16.5. The Hall–Kier alpha value is -4.00. The van der Waals surface area contributed by atoms with E-state index in [0.717, 1.165) is 16.9 Å². The second kappa shape index (κ2) is 7.79. The maximum atomic E-state index is 12.1. The zero-order chi connectivity index (χ0) is 21.3. The van der Waals surface area contributed by atoms with Gasteiger partial charge in [0.1, 0.15) is 34.5 Å². The molecule has 0 aliphatic heterocycles. The normalized spacial score (nSPS) is 10.8. The Labute approximate surface area is 172 Å². The molecule has 0 aliphatic carbocycles. The van der Waals surface area contributed by atoms with Gasteiger partial charge in [0.05, 0.1) is 14.2 Å². The number of aromatic hydroxyl groups is 1. The molecule has 2 heterocycles. The first-order chi connectivity index (χ1) is 14.5. The smallest absolute Gasteiger partial charge is 0.227 e. The van der Waals surface area contributed by atoms with Crippen LogP contribution < -0.4 is 14.9 Å². The topological polar surface area (TPSA) is 97.6 Å². The van der Waals surface area contributed by atoms with Gasteiger partial charge in [0.2, 0.25) is 11.2 Å². The van der Waals surface area contributed by atoms with Gasteiger partial charge < -0.3 is 24.0 Å². The molecule has 0 unspecified atom stereocenters. The molecule has 2 aromatic carbocycles. The van der Waals surface area contributed by atoms with Crippen molar-refractivity contribution in [2.24, 2.45) is 0 Å². The summed E-state index contributed by atoms with van der Waals surface area (Å²) in [5, 5.41) is 10.4. The van der Waals surface area contributed by atoms with Crippen LogP contribution in [0.15, 0.2) is 63.8 Å². The lowest BCUT2D eigenvalue weighted by Gasteiger charge is -2.06. The standard InChI is InChI=1S/C23H20N2O5/c1-13-12-18(26)21(27)22(30-13)20-19(14-4-8-16(28-2)9-5-14)24-23(25-20)15-6-10-17(29-3)11-7-15/h4-12,27H,1-3H3,(H,24,25). The summed E-state index contributed by atoms with van der Waals surface area (Å²) in [7, 11) is 3.19. The minimum absolute atomic E-state index is 0.0399. The van der Waals surface area contributed by atoms with Crippen LogP contribution in [0.5, 0.6) is 17.2 Å². The van der Waals surface area contributed by atoms with Crippen molar-refractivity contribution in [1.29, 1.82) is 0 Å². The molecule has 0 saturated heterocycles. The molecule has 0 aliphatic rings. The predicted molar refractivity (Wildman–Crippen MR) is 113 cm³/mol. The highest BCUT2D eigenvalue weighted by molar-refractivity contribution is 5.81. The number of hydrogen-bond donors (Lipinski definition) is 2. The van der Waals surface area contributed by atoms with Gasteiger partial charge in [-0.2, -0.15) is 0 Å². The van der Waals surface area contributed by atoms with E-state index in [1.54, 1.807) is 21.1 Å². The third-order valence-electron chi connectivity index (χ3n) is 4.70. The monoisotopic (exact) mass is 404 g/mol. The SMILES string of the molecule is COc1ccc(-c2nc(-c3ccc(OC)cc3)c(-c3oc(C)cc(=O)c3O)[nH]2)cc1. The van der Waals surface area contributed by atoms with Gasteiger partial charge in [-0.3, -0.25) is 4.79 Å². The van der Waals surface area contributed by atoms with Crippen molar-refractivity contribution in [2.45, 2.75) is 6.92 Å². The third-order valence-corrected chi connectivity index (χ3v) is 4.70. The summed E-state index contributed by atoms with van der Waals surface area (Å²) < 4.78 is 16.1. The van der Waals surface area contributed by atoms with Crippen molar-refractivity contribution in [2.75, 3.05) is 14.2 Å². The number of nitrogens with zero attached hydrogens (tertiary/aromatic N) is 1. The molecule has 4 rings (SSSR count). The molecular formula is C23H20N2O5. The van der Waals surface area contributed by atoms with Crippen LogP contribution in [-0.2, 0) is 0 Å². The fraction of sp³-hybridized carbons (Fsp3) is 0.130. The first kappa shape index (κ1) is 19.3. The van der Waals surface area contributed by atoms with E-state index < -0.39 is 11.2 Å². The molecule has 0 fully saturated rings. The summed E-state index contributed by atoms with van der Waals surface area (Å²) in [6.45, 7) is 1.65. The van der Waals surface area contributed by atoms with Crippen LogP contribution in [0.1, 0.15) is 5.76 Å². The second-order valence-corrected chi connectivity index (χ2v) is 6.67. The van der Waals surface area contributed by atoms with Crippen LogP contribution in [0.4, 0.5) is 0 Å². The van der Waals surface area contributed by atoms with Crippen LogP contribution in [0.3, 0.4) is 0 Å². The molecule has 7 nitrogen and oxygen atoms in total. The Bertz CT molecular complexity index is 1240. The lowest BCUT2D eigenvalue weighted by molar-refractivity contribution is 0.415. The van der Waals surface area contributed by atoms with E-state index in [1.165, 1.54) is 6.07 Å². The quantitative estimate of drug-likeness (QED) is 0.512. The highest BCUT2D eigenvalue weighted by Gasteiger charge is 2.22. The Morgan fingerprint density at radius 3 is 2.07 bits per heavy atom. The molecule has 0 bridgehead atoms. The average Bonchev–Trinajstić information content (AvgIpc) is 3.21. The summed E-state index contributed by atoms with van der Waals surface area (Å²) in [6, 6.07) is 16.0. The number of benzene rings is 2. The first-order valence-electron chi connectivity index (χ1n) is 9.23. The second-order valence-electron chi connectivity index (χ2n) is 6.67. The van der Waals surface area contributed by atoms with Crippen molar-refractivity contribution in [3.05, 3.63) is 70.6 Å². The summed E-state index contributed by atoms with van der Waals surface area (Å²) in [6.07, 6.45) is 0. The average molecular weight is 404 g/mol. The number of hydrogen-bond acceptors (Lipinski definition) is 6. The number of H-pyrrole nitrogens is 1. The molecule has 152 valence electrons. The van der Waals surface area contributed by atoms with Gasteiger partial charge in [-0.05, 0) is 55.5 Å².